The molecule has 1 aliphatic carbocycles. The molecule has 0 heterocycles. The van der Waals surface area contributed by atoms with Gasteiger partial charge in [0.05, 0.1) is 0 Å². The first-order chi connectivity index (χ1) is 8.61. The van der Waals surface area contributed by atoms with Crippen molar-refractivity contribution in [3.8, 4) is 0 Å². The summed E-state index contributed by atoms with van der Waals surface area (Å²) in [4.78, 5) is 13.1. The second-order valence-electron chi connectivity index (χ2n) is 5.89. The molecular weight excluding hydrogens is 224 g/mol. The highest BCUT2D eigenvalue weighted by Gasteiger charge is 2.18. The Morgan fingerprint density at radius 3 is 2.39 bits per heavy atom. The quantitative estimate of drug-likeness (QED) is 0.584. The van der Waals surface area contributed by atoms with E-state index in [9.17, 15) is 4.79 Å². The molecule has 0 radical (unpaired) electrons. The maximum atomic E-state index is 11.4. The van der Waals surface area contributed by atoms with Crippen molar-refractivity contribution in [3.05, 3.63) is 0 Å². The molecule has 3 nitrogen and oxygen atoms in total. The molecule has 0 aromatic carbocycles. The average Bonchev–Trinajstić information content (AvgIpc) is 2.62. The molecule has 18 heavy (non-hydrogen) atoms. The lowest BCUT2D eigenvalue weighted by Gasteiger charge is -2.23. The number of hydrogen-bond acceptors (Lipinski definition) is 2. The lowest BCUT2D eigenvalue weighted by Crippen LogP contribution is -2.34. The van der Waals surface area contributed by atoms with Crippen LogP contribution in [0.4, 0.5) is 0 Å². The first-order valence-electron chi connectivity index (χ1n) is 7.55. The van der Waals surface area contributed by atoms with Gasteiger partial charge in [-0.2, -0.15) is 0 Å². The molecule has 3 heteroatoms. The van der Waals surface area contributed by atoms with Crippen molar-refractivity contribution in [2.45, 2.75) is 64.3 Å². The summed E-state index contributed by atoms with van der Waals surface area (Å²) in [5, 5.41) is 3.60. The largest absolute Gasteiger partial charge is 0.349 e. The van der Waals surface area contributed by atoms with E-state index in [0.29, 0.717) is 12.5 Å². The number of carbonyl (C=O) groups is 1. The number of hydrogen-bond donors (Lipinski definition) is 1. The molecule has 1 saturated carbocycles. The van der Waals surface area contributed by atoms with Gasteiger partial charge in [0.1, 0.15) is 0 Å². The molecule has 1 fully saturated rings. The average molecular weight is 254 g/mol. The number of nitrogens with one attached hydrogen (secondary N) is 1. The van der Waals surface area contributed by atoms with Crippen LogP contribution >= 0.6 is 0 Å². The zero-order valence-corrected chi connectivity index (χ0v) is 12.4. The molecule has 1 aliphatic rings. The third kappa shape index (κ3) is 5.85. The minimum atomic E-state index is 0.235. The lowest BCUT2D eigenvalue weighted by molar-refractivity contribution is -0.128. The fourth-order valence-electron chi connectivity index (χ4n) is 2.77. The van der Waals surface area contributed by atoms with Gasteiger partial charge in [0.15, 0.2) is 0 Å². The molecule has 0 saturated heterocycles. The fraction of sp³-hybridized carbons (Fsp3) is 0.933. The molecule has 106 valence electrons. The molecule has 1 atom stereocenters. The first-order valence-corrected chi connectivity index (χ1v) is 7.55. The Labute approximate surface area is 112 Å². The van der Waals surface area contributed by atoms with Gasteiger partial charge in [-0.3, -0.25) is 4.79 Å². The van der Waals surface area contributed by atoms with Crippen molar-refractivity contribution in [1.29, 1.82) is 0 Å². The van der Waals surface area contributed by atoms with Crippen LogP contribution in [-0.2, 0) is 4.79 Å². The summed E-state index contributed by atoms with van der Waals surface area (Å²) in [7, 11) is 3.65. The maximum absolute atomic E-state index is 11.4. The van der Waals surface area contributed by atoms with Crippen LogP contribution in [0.1, 0.15) is 58.3 Å². The Kier molecular flexibility index (Phi) is 7.33. The van der Waals surface area contributed by atoms with Gasteiger partial charge in [-0.15, -0.1) is 0 Å². The van der Waals surface area contributed by atoms with Gasteiger partial charge >= 0.3 is 0 Å². The van der Waals surface area contributed by atoms with E-state index in [1.807, 2.05) is 14.1 Å². The monoisotopic (exact) mass is 254 g/mol. The van der Waals surface area contributed by atoms with E-state index in [-0.39, 0.29) is 5.91 Å². The Morgan fingerprint density at radius 1 is 1.22 bits per heavy atom. The van der Waals surface area contributed by atoms with Gasteiger partial charge in [-0.05, 0) is 38.6 Å². The molecule has 0 unspecified atom stereocenters. The van der Waals surface area contributed by atoms with Crippen LogP contribution in [0.5, 0.6) is 0 Å². The maximum Gasteiger partial charge on any atom is 0.222 e. The smallest absolute Gasteiger partial charge is 0.222 e. The third-order valence-corrected chi connectivity index (χ3v) is 4.14. The van der Waals surface area contributed by atoms with E-state index in [1.54, 1.807) is 4.90 Å². The topological polar surface area (TPSA) is 32.3 Å². The van der Waals surface area contributed by atoms with Crippen molar-refractivity contribution in [3.63, 3.8) is 0 Å². The second-order valence-corrected chi connectivity index (χ2v) is 5.89. The minimum Gasteiger partial charge on any atom is -0.349 e. The summed E-state index contributed by atoms with van der Waals surface area (Å²) in [5.41, 5.74) is 0. The number of carbonyl (C=O) groups excluding carboxylic acids is 1. The van der Waals surface area contributed by atoms with Crippen LogP contribution in [0.2, 0.25) is 0 Å². The van der Waals surface area contributed by atoms with Crippen molar-refractivity contribution in [1.82, 2.24) is 10.2 Å². The standard InChI is InChI=1S/C15H30N2O/c1-13(14-9-6-4-5-7-10-14)16-12-8-11-15(18)17(2)3/h13-14,16H,4-12H2,1-3H3/t13-/m1/s1. The molecule has 0 spiro atoms. The van der Waals surface area contributed by atoms with Gasteiger partial charge in [0, 0.05) is 26.6 Å². The summed E-state index contributed by atoms with van der Waals surface area (Å²) < 4.78 is 0. The van der Waals surface area contributed by atoms with Gasteiger partial charge in [0.25, 0.3) is 0 Å². The van der Waals surface area contributed by atoms with E-state index in [0.717, 1.165) is 18.9 Å². The van der Waals surface area contributed by atoms with E-state index in [2.05, 4.69) is 12.2 Å². The molecule has 0 aliphatic heterocycles. The summed E-state index contributed by atoms with van der Waals surface area (Å²) in [6.07, 6.45) is 10.0. The van der Waals surface area contributed by atoms with E-state index >= 15 is 0 Å². The third-order valence-electron chi connectivity index (χ3n) is 4.14. The van der Waals surface area contributed by atoms with Crippen molar-refractivity contribution >= 4 is 5.91 Å². The summed E-state index contributed by atoms with van der Waals surface area (Å²) in [5.74, 6) is 1.08. The Balaban J connectivity index is 2.12. The van der Waals surface area contributed by atoms with E-state index in [4.69, 9.17) is 0 Å². The van der Waals surface area contributed by atoms with Gasteiger partial charge in [-0.25, -0.2) is 0 Å². The number of rotatable bonds is 6. The highest BCUT2D eigenvalue weighted by atomic mass is 16.2. The zero-order valence-electron chi connectivity index (χ0n) is 12.4. The van der Waals surface area contributed by atoms with Gasteiger partial charge in [0.2, 0.25) is 5.91 Å². The second kappa shape index (κ2) is 8.52. The predicted octanol–water partition coefficient (Wildman–Crippen LogP) is 2.80. The summed E-state index contributed by atoms with van der Waals surface area (Å²) in [6.45, 7) is 3.28. The Hall–Kier alpha value is -0.570. The number of amides is 1. The van der Waals surface area contributed by atoms with Crippen LogP contribution in [0.3, 0.4) is 0 Å². The van der Waals surface area contributed by atoms with Crippen LogP contribution < -0.4 is 5.32 Å². The minimum absolute atomic E-state index is 0.235. The normalized spacial score (nSPS) is 19.3. The Morgan fingerprint density at radius 2 is 1.83 bits per heavy atom. The van der Waals surface area contributed by atoms with Crippen molar-refractivity contribution in [2.24, 2.45) is 5.92 Å². The predicted molar refractivity (Wildman–Crippen MR) is 76.6 cm³/mol. The van der Waals surface area contributed by atoms with Crippen LogP contribution in [0.25, 0.3) is 0 Å². The molecule has 0 aromatic rings. The van der Waals surface area contributed by atoms with Crippen LogP contribution in [-0.4, -0.2) is 37.5 Å². The SMILES string of the molecule is C[C@@H](NCCCC(=O)N(C)C)C1CCCCCC1. The van der Waals surface area contributed by atoms with Gasteiger partial charge < -0.3 is 10.2 Å². The highest BCUT2D eigenvalue weighted by Crippen LogP contribution is 2.25. The van der Waals surface area contributed by atoms with E-state index in [1.165, 1.54) is 38.5 Å². The zero-order chi connectivity index (χ0) is 13.4. The van der Waals surface area contributed by atoms with Gasteiger partial charge in [-0.1, -0.05) is 25.7 Å². The molecule has 0 aromatic heterocycles. The van der Waals surface area contributed by atoms with Crippen molar-refractivity contribution in [2.75, 3.05) is 20.6 Å². The lowest BCUT2D eigenvalue weighted by atomic mass is 9.93. The molecular formula is C15H30N2O. The molecule has 1 N–H and O–H groups in total. The Bertz CT molecular complexity index is 233. The molecule has 1 rings (SSSR count). The van der Waals surface area contributed by atoms with Crippen molar-refractivity contribution < 1.29 is 4.79 Å². The van der Waals surface area contributed by atoms with Crippen LogP contribution in [0.15, 0.2) is 0 Å². The molecule has 1 amide bonds. The summed E-state index contributed by atoms with van der Waals surface area (Å²) >= 11 is 0. The number of nitrogens with zero attached hydrogens (tertiary/aromatic N) is 1. The fourth-order valence-corrected chi connectivity index (χ4v) is 2.77. The van der Waals surface area contributed by atoms with Crippen LogP contribution in [0, 0.1) is 5.92 Å². The highest BCUT2D eigenvalue weighted by molar-refractivity contribution is 5.75. The summed E-state index contributed by atoms with van der Waals surface area (Å²) in [6, 6.07) is 0.609. The van der Waals surface area contributed by atoms with E-state index < -0.39 is 0 Å². The molecule has 0 bridgehead atoms. The first kappa shape index (κ1) is 15.5.